The van der Waals surface area contributed by atoms with Gasteiger partial charge in [-0.15, -0.1) is 0 Å². The Morgan fingerprint density at radius 3 is 3.09 bits per heavy atom. The average molecular weight is 147 g/mol. The van der Waals surface area contributed by atoms with Gasteiger partial charge in [-0.05, 0) is 25.3 Å². The molecule has 0 unspecified atom stereocenters. The first-order valence-electron chi connectivity index (χ1n) is 3.91. The van der Waals surface area contributed by atoms with Gasteiger partial charge in [-0.3, -0.25) is 4.99 Å². The van der Waals surface area contributed by atoms with E-state index in [-0.39, 0.29) is 0 Å². The fourth-order valence-electron chi connectivity index (χ4n) is 0.895. The molecule has 0 atom stereocenters. The van der Waals surface area contributed by atoms with E-state index in [4.69, 9.17) is 0 Å². The number of hydrogen-bond donors (Lipinski definition) is 0. The van der Waals surface area contributed by atoms with Gasteiger partial charge in [0.05, 0.1) is 0 Å². The standard InChI is InChI=1S/C10H13N/c1-10-8-6-4-2-3-5-7-9-11-10/h2,4-5,7,9H,1,3,6,8H2/b4-2-,7-5-,11-9?. The van der Waals surface area contributed by atoms with Crippen LogP contribution < -0.4 is 0 Å². The molecule has 0 fully saturated rings. The summed E-state index contributed by atoms with van der Waals surface area (Å²) in [6.45, 7) is 3.82. The zero-order chi connectivity index (χ0) is 7.94. The minimum absolute atomic E-state index is 0.959. The summed E-state index contributed by atoms with van der Waals surface area (Å²) in [7, 11) is 0. The smallest absolute Gasteiger partial charge is 0.0335 e. The first kappa shape index (κ1) is 7.99. The van der Waals surface area contributed by atoms with Gasteiger partial charge in [-0.2, -0.15) is 0 Å². The number of nitrogens with zero attached hydrogens (tertiary/aromatic N) is 1. The summed E-state index contributed by atoms with van der Waals surface area (Å²) in [6.07, 6.45) is 13.2. The number of hydrogen-bond acceptors (Lipinski definition) is 1. The van der Waals surface area contributed by atoms with Crippen LogP contribution >= 0.6 is 0 Å². The molecule has 0 N–H and O–H groups in total. The zero-order valence-electron chi connectivity index (χ0n) is 6.66. The van der Waals surface area contributed by atoms with Crippen LogP contribution in [-0.2, 0) is 0 Å². The average Bonchev–Trinajstić information content (AvgIpc) is 2.03. The van der Waals surface area contributed by atoms with Crippen LogP contribution in [0, 0.1) is 0 Å². The van der Waals surface area contributed by atoms with E-state index in [0.717, 1.165) is 25.0 Å². The Morgan fingerprint density at radius 1 is 1.27 bits per heavy atom. The molecule has 0 saturated carbocycles. The van der Waals surface area contributed by atoms with Crippen LogP contribution in [0.5, 0.6) is 0 Å². The Kier molecular flexibility index (Phi) is 3.39. The number of allylic oxidation sites excluding steroid dienone is 5. The van der Waals surface area contributed by atoms with Crippen LogP contribution in [-0.4, -0.2) is 6.21 Å². The minimum atomic E-state index is 0.959. The van der Waals surface area contributed by atoms with Crippen molar-refractivity contribution in [3.63, 3.8) is 0 Å². The summed E-state index contributed by atoms with van der Waals surface area (Å²) in [6, 6.07) is 0. The second kappa shape index (κ2) is 4.67. The summed E-state index contributed by atoms with van der Waals surface area (Å²) < 4.78 is 0. The van der Waals surface area contributed by atoms with Crippen molar-refractivity contribution in [3.8, 4) is 0 Å². The normalized spacial score (nSPS) is 24.5. The van der Waals surface area contributed by atoms with Crippen molar-refractivity contribution < 1.29 is 0 Å². The van der Waals surface area contributed by atoms with Gasteiger partial charge < -0.3 is 0 Å². The Bertz CT molecular complexity index is 209. The molecule has 0 spiro atoms. The number of rotatable bonds is 0. The van der Waals surface area contributed by atoms with Crippen molar-refractivity contribution in [1.29, 1.82) is 0 Å². The molecule has 0 aromatic rings. The van der Waals surface area contributed by atoms with Gasteiger partial charge in [-0.1, -0.05) is 24.8 Å². The van der Waals surface area contributed by atoms with Crippen molar-refractivity contribution in [2.45, 2.75) is 19.3 Å². The van der Waals surface area contributed by atoms with Crippen LogP contribution in [0.15, 0.2) is 41.6 Å². The Labute approximate surface area is 67.8 Å². The van der Waals surface area contributed by atoms with E-state index >= 15 is 0 Å². The molecule has 0 amide bonds. The molecule has 11 heavy (non-hydrogen) atoms. The van der Waals surface area contributed by atoms with Crippen molar-refractivity contribution in [3.05, 3.63) is 36.6 Å². The predicted octanol–water partition coefficient (Wildman–Crippen LogP) is 2.87. The van der Waals surface area contributed by atoms with Gasteiger partial charge in [0, 0.05) is 11.9 Å². The molecule has 1 rings (SSSR count). The molecule has 1 aliphatic rings. The largest absolute Gasteiger partial charge is 0.262 e. The molecule has 1 aliphatic heterocycles. The van der Waals surface area contributed by atoms with E-state index in [1.807, 2.05) is 12.3 Å². The van der Waals surface area contributed by atoms with E-state index in [9.17, 15) is 0 Å². The quantitative estimate of drug-likeness (QED) is 0.467. The van der Waals surface area contributed by atoms with Gasteiger partial charge >= 0.3 is 0 Å². The summed E-state index contributed by atoms with van der Waals surface area (Å²) in [4.78, 5) is 4.15. The zero-order valence-corrected chi connectivity index (χ0v) is 6.66. The highest BCUT2D eigenvalue weighted by Crippen LogP contribution is 2.05. The summed E-state index contributed by atoms with van der Waals surface area (Å²) in [5, 5.41) is 0. The fraction of sp³-hybridized carbons (Fsp3) is 0.300. The fourth-order valence-corrected chi connectivity index (χ4v) is 0.895. The maximum atomic E-state index is 4.15. The lowest BCUT2D eigenvalue weighted by Gasteiger charge is -1.95. The molecule has 0 aromatic heterocycles. The molecule has 58 valence electrons. The summed E-state index contributed by atoms with van der Waals surface area (Å²) in [5.41, 5.74) is 0.959. The van der Waals surface area contributed by atoms with E-state index in [1.165, 1.54) is 0 Å². The van der Waals surface area contributed by atoms with Gasteiger partial charge in [0.1, 0.15) is 0 Å². The van der Waals surface area contributed by atoms with Crippen molar-refractivity contribution in [2.75, 3.05) is 0 Å². The van der Waals surface area contributed by atoms with Crippen molar-refractivity contribution >= 4 is 6.21 Å². The summed E-state index contributed by atoms with van der Waals surface area (Å²) >= 11 is 0. The molecule has 1 heteroatoms. The van der Waals surface area contributed by atoms with Crippen molar-refractivity contribution in [2.24, 2.45) is 4.99 Å². The van der Waals surface area contributed by atoms with Crippen molar-refractivity contribution in [1.82, 2.24) is 0 Å². The van der Waals surface area contributed by atoms with Crippen LogP contribution in [0.1, 0.15) is 19.3 Å². The molecule has 0 saturated heterocycles. The van der Waals surface area contributed by atoms with Gasteiger partial charge in [-0.25, -0.2) is 0 Å². The van der Waals surface area contributed by atoms with Crippen LogP contribution in [0.4, 0.5) is 0 Å². The lowest BCUT2D eigenvalue weighted by molar-refractivity contribution is 0.963. The highest BCUT2D eigenvalue weighted by Gasteiger charge is 1.87. The molecule has 1 nitrogen and oxygen atoms in total. The Balaban J connectivity index is 2.56. The third-order valence-corrected chi connectivity index (χ3v) is 1.52. The third kappa shape index (κ3) is 3.56. The maximum Gasteiger partial charge on any atom is 0.0335 e. The topological polar surface area (TPSA) is 12.4 Å². The van der Waals surface area contributed by atoms with Crippen LogP contribution in [0.3, 0.4) is 0 Å². The SMILES string of the molecule is C=C1CC/C=C\C/C=C\C=N1. The van der Waals surface area contributed by atoms with Gasteiger partial charge in [0.15, 0.2) is 0 Å². The molecule has 0 radical (unpaired) electrons. The van der Waals surface area contributed by atoms with E-state index in [1.54, 1.807) is 0 Å². The highest BCUT2D eigenvalue weighted by molar-refractivity contribution is 5.72. The molecule has 1 heterocycles. The Morgan fingerprint density at radius 2 is 2.18 bits per heavy atom. The highest BCUT2D eigenvalue weighted by atomic mass is 14.7. The van der Waals surface area contributed by atoms with E-state index in [0.29, 0.717) is 0 Å². The molecular formula is C10H13N. The molecule has 0 bridgehead atoms. The second-order valence-corrected chi connectivity index (χ2v) is 2.52. The molecule has 0 aliphatic carbocycles. The second-order valence-electron chi connectivity index (χ2n) is 2.52. The van der Waals surface area contributed by atoms with Crippen LogP contribution in [0.2, 0.25) is 0 Å². The first-order chi connectivity index (χ1) is 5.39. The third-order valence-electron chi connectivity index (χ3n) is 1.52. The van der Waals surface area contributed by atoms with Crippen LogP contribution in [0.25, 0.3) is 0 Å². The van der Waals surface area contributed by atoms with Gasteiger partial charge in [0.2, 0.25) is 0 Å². The van der Waals surface area contributed by atoms with E-state index in [2.05, 4.69) is 29.8 Å². The number of aliphatic imine (C=N–C) groups is 1. The van der Waals surface area contributed by atoms with E-state index < -0.39 is 0 Å². The monoisotopic (exact) mass is 147 g/mol. The maximum absolute atomic E-state index is 4.15. The Hall–Kier alpha value is -1.11. The predicted molar refractivity (Wildman–Crippen MR) is 49.8 cm³/mol. The lowest BCUT2D eigenvalue weighted by atomic mass is 10.2. The summed E-state index contributed by atoms with van der Waals surface area (Å²) in [5.74, 6) is 0. The molecular weight excluding hydrogens is 134 g/mol. The molecule has 0 aromatic carbocycles. The first-order valence-corrected chi connectivity index (χ1v) is 3.91. The lowest BCUT2D eigenvalue weighted by Crippen LogP contribution is -1.78. The minimum Gasteiger partial charge on any atom is -0.262 e. The van der Waals surface area contributed by atoms with Gasteiger partial charge in [0.25, 0.3) is 0 Å².